The van der Waals surface area contributed by atoms with Gasteiger partial charge in [-0.3, -0.25) is 9.59 Å². The number of nitrogens with one attached hydrogen (secondary N) is 1. The van der Waals surface area contributed by atoms with E-state index in [1.165, 1.54) is 0 Å². The summed E-state index contributed by atoms with van der Waals surface area (Å²) in [5.74, 6) is 0.926. The lowest BCUT2D eigenvalue weighted by Crippen LogP contribution is -2.45. The number of hydrogen-bond donors (Lipinski definition) is 1. The zero-order valence-corrected chi connectivity index (χ0v) is 20.9. The number of para-hydroxylation sites is 1. The Morgan fingerprint density at radius 1 is 1.09 bits per heavy atom. The van der Waals surface area contributed by atoms with Crippen LogP contribution in [-0.4, -0.2) is 25.0 Å². The second kappa shape index (κ2) is 10.9. The van der Waals surface area contributed by atoms with Gasteiger partial charge in [0.25, 0.3) is 0 Å². The van der Waals surface area contributed by atoms with E-state index in [1.54, 1.807) is 7.11 Å². The fraction of sp³-hybridized carbons (Fsp3) is 0.500. The lowest BCUT2D eigenvalue weighted by atomic mass is 9.92. The van der Waals surface area contributed by atoms with Gasteiger partial charge >= 0.3 is 0 Å². The van der Waals surface area contributed by atoms with Gasteiger partial charge < -0.3 is 15.0 Å². The summed E-state index contributed by atoms with van der Waals surface area (Å²) in [5.41, 5.74) is 5.06. The zero-order chi connectivity index (χ0) is 24.1. The van der Waals surface area contributed by atoms with Crippen LogP contribution in [0.2, 0.25) is 0 Å². The van der Waals surface area contributed by atoms with Gasteiger partial charge in [0.2, 0.25) is 11.8 Å². The molecule has 1 aliphatic rings. The average Bonchev–Trinajstić information content (AvgIpc) is 2.78. The maximum Gasteiger partial charge on any atom is 0.236 e. The topological polar surface area (TPSA) is 58.6 Å². The monoisotopic (exact) mass is 450 g/mol. The van der Waals surface area contributed by atoms with Crippen molar-refractivity contribution in [1.29, 1.82) is 0 Å². The Morgan fingerprint density at radius 3 is 2.33 bits per heavy atom. The second-order valence-corrected chi connectivity index (χ2v) is 9.59. The third-order valence-corrected chi connectivity index (χ3v) is 6.50. The third kappa shape index (κ3) is 5.58. The lowest BCUT2D eigenvalue weighted by Gasteiger charge is -2.37. The lowest BCUT2D eigenvalue weighted by molar-refractivity contribution is -0.125. The highest BCUT2D eigenvalue weighted by atomic mass is 16.5. The van der Waals surface area contributed by atoms with E-state index < -0.39 is 0 Å². The van der Waals surface area contributed by atoms with E-state index in [9.17, 15) is 9.59 Å². The molecule has 2 amide bonds. The Labute approximate surface area is 198 Å². The van der Waals surface area contributed by atoms with Gasteiger partial charge in [-0.1, -0.05) is 59.2 Å². The molecule has 0 bridgehead atoms. The molecule has 1 N–H and O–H groups in total. The van der Waals surface area contributed by atoms with Crippen LogP contribution in [0.15, 0.2) is 36.4 Å². The Bertz CT molecular complexity index is 970. The largest absolute Gasteiger partial charge is 0.497 e. The summed E-state index contributed by atoms with van der Waals surface area (Å²) in [6.45, 7) is 10.6. The molecule has 0 saturated carbocycles. The Kier molecular flexibility index (Phi) is 8.17. The number of hydrogen-bond acceptors (Lipinski definition) is 3. The van der Waals surface area contributed by atoms with Gasteiger partial charge in [-0.15, -0.1) is 0 Å². The first-order valence-electron chi connectivity index (χ1n) is 12.2. The molecule has 0 aromatic heterocycles. The van der Waals surface area contributed by atoms with E-state index >= 15 is 0 Å². The molecule has 0 fully saturated rings. The van der Waals surface area contributed by atoms with Crippen molar-refractivity contribution in [3.8, 4) is 5.75 Å². The minimum atomic E-state index is -0.258. The van der Waals surface area contributed by atoms with Crippen molar-refractivity contribution < 1.29 is 14.3 Å². The van der Waals surface area contributed by atoms with Crippen LogP contribution in [0.5, 0.6) is 5.75 Å². The highest BCUT2D eigenvalue weighted by Crippen LogP contribution is 2.36. The molecule has 3 rings (SSSR count). The van der Waals surface area contributed by atoms with Crippen molar-refractivity contribution in [2.24, 2.45) is 0 Å². The molecule has 1 unspecified atom stereocenters. The van der Waals surface area contributed by atoms with E-state index in [4.69, 9.17) is 4.74 Å². The molecule has 0 aliphatic carbocycles. The number of benzene rings is 2. The predicted octanol–water partition coefficient (Wildman–Crippen LogP) is 6.42. The second-order valence-electron chi connectivity index (χ2n) is 9.59. The molecule has 1 aliphatic heterocycles. The summed E-state index contributed by atoms with van der Waals surface area (Å²) < 4.78 is 5.37. The molecule has 5 nitrogen and oxygen atoms in total. The smallest absolute Gasteiger partial charge is 0.236 e. The van der Waals surface area contributed by atoms with Crippen LogP contribution in [-0.2, 0) is 16.0 Å². The van der Waals surface area contributed by atoms with Crippen LogP contribution in [0, 0.1) is 0 Å². The maximum atomic E-state index is 13.5. The predicted molar refractivity (Wildman–Crippen MR) is 135 cm³/mol. The van der Waals surface area contributed by atoms with E-state index in [0.29, 0.717) is 0 Å². The minimum absolute atomic E-state index is 0.116. The highest BCUT2D eigenvalue weighted by molar-refractivity contribution is 6.10. The Morgan fingerprint density at radius 2 is 1.76 bits per heavy atom. The maximum absolute atomic E-state index is 13.5. The summed E-state index contributed by atoms with van der Waals surface area (Å²) in [7, 11) is 1.65. The van der Waals surface area contributed by atoms with Crippen LogP contribution >= 0.6 is 0 Å². The molecule has 1 heterocycles. The van der Waals surface area contributed by atoms with Crippen molar-refractivity contribution >= 4 is 23.2 Å². The summed E-state index contributed by atoms with van der Waals surface area (Å²) in [6.07, 6.45) is 3.55. The third-order valence-electron chi connectivity index (χ3n) is 6.50. The molecule has 2 aromatic rings. The number of fused-ring (bicyclic) bond motifs is 1. The SMILES string of the molecule is CCCC1CCc2cc(OC)ccc2N1C(=O)CC(=O)Nc1c(C(C)C)cccc1C(C)C. The molecule has 1 atom stereocenters. The minimum Gasteiger partial charge on any atom is -0.497 e. The van der Waals surface area contributed by atoms with E-state index in [0.717, 1.165) is 59.5 Å². The first kappa shape index (κ1) is 24.8. The molecule has 2 aromatic carbocycles. The summed E-state index contributed by atoms with van der Waals surface area (Å²) in [4.78, 5) is 28.4. The number of rotatable bonds is 8. The van der Waals surface area contributed by atoms with Crippen molar-refractivity contribution in [2.75, 3.05) is 17.3 Å². The van der Waals surface area contributed by atoms with Crippen LogP contribution in [0.4, 0.5) is 11.4 Å². The summed E-state index contributed by atoms with van der Waals surface area (Å²) >= 11 is 0. The first-order valence-corrected chi connectivity index (χ1v) is 12.2. The van der Waals surface area contributed by atoms with Crippen molar-refractivity contribution in [2.45, 2.75) is 84.6 Å². The molecule has 0 radical (unpaired) electrons. The van der Waals surface area contributed by atoms with E-state index in [-0.39, 0.29) is 36.1 Å². The molecule has 5 heteroatoms. The van der Waals surface area contributed by atoms with Gasteiger partial charge in [0, 0.05) is 17.4 Å². The molecule has 0 spiro atoms. The molecule has 33 heavy (non-hydrogen) atoms. The van der Waals surface area contributed by atoms with Gasteiger partial charge in [-0.2, -0.15) is 0 Å². The van der Waals surface area contributed by atoms with Crippen molar-refractivity contribution in [1.82, 2.24) is 0 Å². The fourth-order valence-corrected chi connectivity index (χ4v) is 4.82. The number of carbonyl (C=O) groups is 2. The van der Waals surface area contributed by atoms with Crippen molar-refractivity contribution in [3.63, 3.8) is 0 Å². The number of methoxy groups -OCH3 is 1. The molecular weight excluding hydrogens is 412 g/mol. The van der Waals surface area contributed by atoms with Crippen LogP contribution in [0.25, 0.3) is 0 Å². The van der Waals surface area contributed by atoms with Gasteiger partial charge in [0.1, 0.15) is 12.2 Å². The molecule has 178 valence electrons. The van der Waals surface area contributed by atoms with Crippen LogP contribution in [0.3, 0.4) is 0 Å². The highest BCUT2D eigenvalue weighted by Gasteiger charge is 2.32. The van der Waals surface area contributed by atoms with Crippen molar-refractivity contribution in [3.05, 3.63) is 53.1 Å². The number of amides is 2. The van der Waals surface area contributed by atoms with Gasteiger partial charge in [0.05, 0.1) is 7.11 Å². The fourth-order valence-electron chi connectivity index (χ4n) is 4.82. The number of nitrogens with zero attached hydrogens (tertiary/aromatic N) is 1. The molecule has 0 saturated heterocycles. The van der Waals surface area contributed by atoms with E-state index in [1.807, 2.05) is 29.2 Å². The average molecular weight is 451 g/mol. The quantitative estimate of drug-likeness (QED) is 0.472. The van der Waals surface area contributed by atoms with Gasteiger partial charge in [-0.25, -0.2) is 0 Å². The first-order chi connectivity index (χ1) is 15.8. The summed E-state index contributed by atoms with van der Waals surface area (Å²) in [6, 6.07) is 12.1. The van der Waals surface area contributed by atoms with Gasteiger partial charge in [-0.05, 0) is 66.0 Å². The van der Waals surface area contributed by atoms with E-state index in [2.05, 4.69) is 52.1 Å². The number of aryl methyl sites for hydroxylation is 1. The Balaban J connectivity index is 1.85. The van der Waals surface area contributed by atoms with Crippen LogP contribution < -0.4 is 15.0 Å². The number of ether oxygens (including phenoxy) is 1. The molecular formula is C28H38N2O3. The standard InChI is InChI=1S/C28H38N2O3/c1-7-9-21-13-12-20-16-22(33-6)14-15-25(20)30(21)27(32)17-26(31)29-28-23(18(2)3)10-8-11-24(28)19(4)5/h8,10-11,14-16,18-19,21H,7,9,12-13,17H2,1-6H3,(H,29,31). The zero-order valence-electron chi connectivity index (χ0n) is 20.9. The summed E-state index contributed by atoms with van der Waals surface area (Å²) in [5, 5.41) is 3.09. The normalized spacial score (nSPS) is 15.5. The van der Waals surface area contributed by atoms with Crippen LogP contribution in [0.1, 0.15) is 88.8 Å². The van der Waals surface area contributed by atoms with Gasteiger partial charge in [0.15, 0.2) is 0 Å². The number of carbonyl (C=O) groups excluding carboxylic acids is 2. The number of anilines is 2. The Hall–Kier alpha value is -2.82.